The topological polar surface area (TPSA) is 30.0 Å². The van der Waals surface area contributed by atoms with Gasteiger partial charge in [-0.25, -0.2) is 4.98 Å². The summed E-state index contributed by atoms with van der Waals surface area (Å²) in [6, 6.07) is 0. The van der Waals surface area contributed by atoms with Crippen LogP contribution in [-0.4, -0.2) is 10.8 Å². The van der Waals surface area contributed by atoms with E-state index in [1.54, 1.807) is 23.5 Å². The molecule has 1 aromatic rings. The van der Waals surface area contributed by atoms with Crippen LogP contribution in [0.5, 0.6) is 0 Å². The molecule has 15 heavy (non-hydrogen) atoms. The summed E-state index contributed by atoms with van der Waals surface area (Å²) in [6.45, 7) is 8.03. The van der Waals surface area contributed by atoms with Crippen LogP contribution in [0.2, 0.25) is 0 Å². The lowest BCUT2D eigenvalue weighted by Crippen LogP contribution is -2.01. The molecule has 0 radical (unpaired) electrons. The van der Waals surface area contributed by atoms with Crippen LogP contribution in [0.1, 0.15) is 44.3 Å². The first-order valence-corrected chi connectivity index (χ1v) is 6.06. The van der Waals surface area contributed by atoms with E-state index < -0.39 is 0 Å². The molecule has 0 aliphatic heterocycles. The van der Waals surface area contributed by atoms with E-state index in [-0.39, 0.29) is 11.7 Å². The van der Waals surface area contributed by atoms with E-state index in [1.807, 2.05) is 19.2 Å². The van der Waals surface area contributed by atoms with E-state index in [0.29, 0.717) is 5.92 Å². The molecular weight excluding hydrogens is 206 g/mol. The first-order chi connectivity index (χ1) is 7.00. The van der Waals surface area contributed by atoms with Crippen LogP contribution in [-0.2, 0) is 4.79 Å². The number of nitrogens with zero attached hydrogens (tertiary/aromatic N) is 1. The molecule has 1 aromatic heterocycles. The third-order valence-electron chi connectivity index (χ3n) is 2.02. The Hall–Kier alpha value is -0.960. The quantitative estimate of drug-likeness (QED) is 0.731. The fourth-order valence-electron chi connectivity index (χ4n) is 1.00. The standard InChI is InChI=1S/C12H17NOS/c1-8(2)11(14)6-5-10-7-15-12(13-10)9(3)4/h5-9H,1-4H3. The summed E-state index contributed by atoms with van der Waals surface area (Å²) in [5, 5.41) is 3.10. The summed E-state index contributed by atoms with van der Waals surface area (Å²) in [5.41, 5.74) is 0.887. The van der Waals surface area contributed by atoms with Crippen LogP contribution < -0.4 is 0 Å². The lowest BCUT2D eigenvalue weighted by Gasteiger charge is -1.96. The highest BCUT2D eigenvalue weighted by atomic mass is 32.1. The maximum absolute atomic E-state index is 11.3. The molecule has 0 aliphatic carbocycles. The summed E-state index contributed by atoms with van der Waals surface area (Å²) in [6.07, 6.45) is 3.41. The van der Waals surface area contributed by atoms with Crippen molar-refractivity contribution in [1.29, 1.82) is 0 Å². The maximum Gasteiger partial charge on any atom is 0.158 e. The average Bonchev–Trinajstić information content (AvgIpc) is 2.62. The summed E-state index contributed by atoms with van der Waals surface area (Å²) in [7, 11) is 0. The molecule has 0 unspecified atom stereocenters. The van der Waals surface area contributed by atoms with Gasteiger partial charge < -0.3 is 0 Å². The molecule has 0 spiro atoms. The normalized spacial score (nSPS) is 11.9. The van der Waals surface area contributed by atoms with Crippen molar-refractivity contribution in [3.05, 3.63) is 22.2 Å². The number of hydrogen-bond acceptors (Lipinski definition) is 3. The predicted octanol–water partition coefficient (Wildman–Crippen LogP) is 3.50. The van der Waals surface area contributed by atoms with Gasteiger partial charge in [-0.05, 0) is 12.2 Å². The minimum atomic E-state index is 0.0597. The van der Waals surface area contributed by atoms with Crippen LogP contribution in [0.15, 0.2) is 11.5 Å². The molecule has 0 atom stereocenters. The molecule has 0 saturated heterocycles. The van der Waals surface area contributed by atoms with Crippen LogP contribution >= 0.6 is 11.3 Å². The van der Waals surface area contributed by atoms with Gasteiger partial charge in [0.1, 0.15) is 0 Å². The smallest absolute Gasteiger partial charge is 0.158 e. The fraction of sp³-hybridized carbons (Fsp3) is 0.500. The Morgan fingerprint density at radius 3 is 2.53 bits per heavy atom. The van der Waals surface area contributed by atoms with Crippen molar-refractivity contribution in [3.8, 4) is 0 Å². The summed E-state index contributed by atoms with van der Waals surface area (Å²) in [4.78, 5) is 15.8. The highest BCUT2D eigenvalue weighted by molar-refractivity contribution is 7.09. The second-order valence-corrected chi connectivity index (χ2v) is 5.05. The minimum Gasteiger partial charge on any atom is -0.295 e. The lowest BCUT2D eigenvalue weighted by molar-refractivity contribution is -0.117. The third-order valence-corrected chi connectivity index (χ3v) is 3.18. The SMILES string of the molecule is CC(C)C(=O)C=Cc1csc(C(C)C)n1. The fourth-order valence-corrected chi connectivity index (χ4v) is 1.81. The number of rotatable bonds is 4. The molecule has 0 aliphatic rings. The molecule has 0 bridgehead atoms. The molecule has 1 rings (SSSR count). The molecule has 82 valence electrons. The van der Waals surface area contributed by atoms with Gasteiger partial charge in [0.25, 0.3) is 0 Å². The van der Waals surface area contributed by atoms with E-state index in [0.717, 1.165) is 10.7 Å². The zero-order valence-corrected chi connectivity index (χ0v) is 10.5. The number of carbonyl (C=O) groups excluding carboxylic acids is 1. The van der Waals surface area contributed by atoms with Gasteiger partial charge in [-0.1, -0.05) is 27.7 Å². The van der Waals surface area contributed by atoms with E-state index in [2.05, 4.69) is 18.8 Å². The van der Waals surface area contributed by atoms with Gasteiger partial charge in [-0.2, -0.15) is 0 Å². The Morgan fingerprint density at radius 2 is 2.07 bits per heavy atom. The average molecular weight is 223 g/mol. The first-order valence-electron chi connectivity index (χ1n) is 5.18. The Kier molecular flexibility index (Phi) is 4.21. The molecule has 0 N–H and O–H groups in total. The van der Waals surface area contributed by atoms with Gasteiger partial charge in [0.2, 0.25) is 0 Å². The number of carbonyl (C=O) groups is 1. The summed E-state index contributed by atoms with van der Waals surface area (Å²) < 4.78 is 0. The van der Waals surface area contributed by atoms with Crippen LogP contribution in [0.25, 0.3) is 6.08 Å². The molecule has 0 amide bonds. The van der Waals surface area contributed by atoms with Crippen molar-refractivity contribution in [2.24, 2.45) is 5.92 Å². The van der Waals surface area contributed by atoms with Crippen molar-refractivity contribution in [2.45, 2.75) is 33.6 Å². The van der Waals surface area contributed by atoms with E-state index in [1.165, 1.54) is 0 Å². The van der Waals surface area contributed by atoms with Gasteiger partial charge in [-0.3, -0.25) is 4.79 Å². The Morgan fingerprint density at radius 1 is 1.40 bits per heavy atom. The minimum absolute atomic E-state index is 0.0597. The first kappa shape index (κ1) is 12.1. The number of allylic oxidation sites excluding steroid dienone is 1. The van der Waals surface area contributed by atoms with Gasteiger partial charge in [0.15, 0.2) is 5.78 Å². The molecule has 3 heteroatoms. The third kappa shape index (κ3) is 3.59. The monoisotopic (exact) mass is 223 g/mol. The van der Waals surface area contributed by atoms with Crippen molar-refractivity contribution >= 4 is 23.2 Å². The molecule has 0 fully saturated rings. The van der Waals surface area contributed by atoms with Crippen molar-refractivity contribution in [3.63, 3.8) is 0 Å². The van der Waals surface area contributed by atoms with E-state index in [4.69, 9.17) is 0 Å². The summed E-state index contributed by atoms with van der Waals surface area (Å²) in [5.74, 6) is 0.663. The number of aromatic nitrogens is 1. The Bertz CT molecular complexity index is 363. The molecule has 2 nitrogen and oxygen atoms in total. The second-order valence-electron chi connectivity index (χ2n) is 4.16. The van der Waals surface area contributed by atoms with Crippen molar-refractivity contribution in [2.75, 3.05) is 0 Å². The zero-order valence-electron chi connectivity index (χ0n) is 9.65. The Labute approximate surface area is 95.0 Å². The molecule has 0 saturated carbocycles. The number of ketones is 1. The number of hydrogen-bond donors (Lipinski definition) is 0. The zero-order chi connectivity index (χ0) is 11.4. The molecular formula is C12H17NOS. The van der Waals surface area contributed by atoms with Gasteiger partial charge in [0, 0.05) is 17.2 Å². The highest BCUT2D eigenvalue weighted by Gasteiger charge is 2.05. The molecule has 1 heterocycles. The van der Waals surface area contributed by atoms with Crippen LogP contribution in [0.3, 0.4) is 0 Å². The van der Waals surface area contributed by atoms with Gasteiger partial charge in [0.05, 0.1) is 10.7 Å². The Balaban J connectivity index is 2.69. The predicted molar refractivity (Wildman–Crippen MR) is 65.1 cm³/mol. The van der Waals surface area contributed by atoms with Crippen molar-refractivity contribution in [1.82, 2.24) is 4.98 Å². The second kappa shape index (κ2) is 5.21. The van der Waals surface area contributed by atoms with Crippen LogP contribution in [0, 0.1) is 5.92 Å². The largest absolute Gasteiger partial charge is 0.295 e. The summed E-state index contributed by atoms with van der Waals surface area (Å²) >= 11 is 1.64. The molecule has 0 aromatic carbocycles. The van der Waals surface area contributed by atoms with E-state index >= 15 is 0 Å². The van der Waals surface area contributed by atoms with Crippen LogP contribution in [0.4, 0.5) is 0 Å². The van der Waals surface area contributed by atoms with Gasteiger partial charge in [-0.15, -0.1) is 11.3 Å². The lowest BCUT2D eigenvalue weighted by atomic mass is 10.1. The van der Waals surface area contributed by atoms with E-state index in [9.17, 15) is 4.79 Å². The maximum atomic E-state index is 11.3. The van der Waals surface area contributed by atoms with Gasteiger partial charge >= 0.3 is 0 Å². The van der Waals surface area contributed by atoms with Crippen molar-refractivity contribution < 1.29 is 4.79 Å². The highest BCUT2D eigenvalue weighted by Crippen LogP contribution is 2.19. The number of thiazole rings is 1.